The zero-order valence-electron chi connectivity index (χ0n) is 31.1. The Morgan fingerprint density at radius 3 is 2.23 bits per heavy atom. The number of rotatable bonds is 4. The summed E-state index contributed by atoms with van der Waals surface area (Å²) in [5.41, 5.74) is -1.02. The van der Waals surface area contributed by atoms with Crippen molar-refractivity contribution in [2.24, 2.45) is 28.8 Å². The minimum Gasteiger partial charge on any atom is -0.507 e. The number of aliphatic hydroxyl groups excluding tert-OH is 2. The number of nitrogens with zero attached hydrogens (tertiary/aromatic N) is 1. The number of benzene rings is 2. The van der Waals surface area contributed by atoms with Gasteiger partial charge in [0.05, 0.1) is 41.2 Å². The molecule has 2 aromatic carbocycles. The van der Waals surface area contributed by atoms with Crippen LogP contribution in [0.25, 0.3) is 10.8 Å². The van der Waals surface area contributed by atoms with E-state index in [1.165, 1.54) is 59.3 Å². The summed E-state index contributed by atoms with van der Waals surface area (Å²) in [6, 6.07) is -1.55. The minimum atomic E-state index is -1.91. The number of ether oxygens (including phenoxy) is 4. The van der Waals surface area contributed by atoms with Crippen LogP contribution in [0.2, 0.25) is 0 Å². The molecule has 1 amide bonds. The average Bonchev–Trinajstić information content (AvgIpc) is 3.42. The smallest absolute Gasteiger partial charge is 0.302 e. The highest BCUT2D eigenvalue weighted by atomic mass is 16.7. The summed E-state index contributed by atoms with van der Waals surface area (Å²) in [6.07, 6.45) is 3.48. The molecular formula is C38H48N2O13. The maximum Gasteiger partial charge on any atom is 0.302 e. The number of esters is 1. The monoisotopic (exact) mass is 740 g/mol. The first-order valence-corrected chi connectivity index (χ1v) is 17.2. The van der Waals surface area contributed by atoms with E-state index < -0.39 is 100 Å². The number of nitrogens with one attached hydrogen (secondary N) is 1. The molecule has 0 radical (unpaired) electrons. The number of aldehydes is 1. The lowest BCUT2D eigenvalue weighted by Crippen LogP contribution is -2.46. The minimum absolute atomic E-state index is 0.0284. The molecule has 0 spiro atoms. The maximum atomic E-state index is 13.3. The van der Waals surface area contributed by atoms with Crippen molar-refractivity contribution in [3.05, 3.63) is 57.7 Å². The van der Waals surface area contributed by atoms with Crippen LogP contribution >= 0.6 is 0 Å². The number of carbonyl (C=O) groups excluding carboxylic acids is 3. The Labute approximate surface area is 306 Å². The van der Waals surface area contributed by atoms with Crippen molar-refractivity contribution in [2.45, 2.75) is 91.6 Å². The molecule has 3 aliphatic rings. The quantitative estimate of drug-likeness (QED) is 0.0780. The second-order valence-electron chi connectivity index (χ2n) is 14.0. The van der Waals surface area contributed by atoms with Crippen LogP contribution in [-0.2, 0) is 23.8 Å². The highest BCUT2D eigenvalue weighted by Gasteiger charge is 2.52. The number of amides is 1. The topological polar surface area (TPSA) is 231 Å². The van der Waals surface area contributed by atoms with E-state index in [1.54, 1.807) is 33.8 Å². The van der Waals surface area contributed by atoms with Gasteiger partial charge in [-0.1, -0.05) is 51.1 Å². The maximum absolute atomic E-state index is 13.3. The van der Waals surface area contributed by atoms with Crippen LogP contribution in [0.4, 0.5) is 5.69 Å². The van der Waals surface area contributed by atoms with Crippen molar-refractivity contribution in [1.82, 2.24) is 0 Å². The first-order valence-electron chi connectivity index (χ1n) is 17.2. The molecule has 0 aliphatic carbocycles. The van der Waals surface area contributed by atoms with Gasteiger partial charge in [-0.3, -0.25) is 14.4 Å². The Morgan fingerprint density at radius 2 is 1.64 bits per heavy atom. The lowest BCUT2D eigenvalue weighted by molar-refractivity contribution is -0.160. The number of anilines is 1. The Morgan fingerprint density at radius 1 is 0.981 bits per heavy atom. The van der Waals surface area contributed by atoms with E-state index >= 15 is 0 Å². The number of hydrogen-bond donors (Lipinski definition) is 6. The lowest BCUT2D eigenvalue weighted by atomic mass is 9.78. The fourth-order valence-electron chi connectivity index (χ4n) is 7.16. The fraction of sp³-hybridized carbons (Fsp3) is 0.500. The van der Waals surface area contributed by atoms with Crippen molar-refractivity contribution in [2.75, 3.05) is 12.4 Å². The molecule has 15 nitrogen and oxygen atoms in total. The number of phenolic OH excluding ortho intramolecular Hbond substituents is 3. The number of aliphatic hydroxyl groups is 2. The Kier molecular flexibility index (Phi) is 12.3. The molecule has 0 saturated heterocycles. The summed E-state index contributed by atoms with van der Waals surface area (Å²) in [5, 5.41) is 61.9. The van der Waals surface area contributed by atoms with Crippen LogP contribution in [0.15, 0.2) is 41.3 Å². The van der Waals surface area contributed by atoms with Gasteiger partial charge in [0.25, 0.3) is 11.7 Å². The molecule has 288 valence electrons. The first-order chi connectivity index (χ1) is 24.9. The van der Waals surface area contributed by atoms with Crippen molar-refractivity contribution in [1.29, 1.82) is 0 Å². The molecule has 1 unspecified atom stereocenters. The van der Waals surface area contributed by atoms with Gasteiger partial charge in [-0.25, -0.2) is 0 Å². The molecule has 0 fully saturated rings. The molecule has 15 heteroatoms. The van der Waals surface area contributed by atoms with Crippen LogP contribution in [-0.4, -0.2) is 81.0 Å². The predicted molar refractivity (Wildman–Crippen MR) is 193 cm³/mol. The normalized spacial score (nSPS) is 31.0. The molecule has 5 rings (SSSR count). The van der Waals surface area contributed by atoms with Crippen LogP contribution < -0.4 is 10.1 Å². The average molecular weight is 741 g/mol. The standard InChI is InChI=1S/C38H48N2O13/c1-16-11-10-12-17(2)37(48)39-28-23(15-41)32(46)25-26(33(28)47)31(45)21(6)35-27(25)36(40-49)38(8,53-35)51-14-13-24(50-9)18(3)34(52-22(7)42)20(5)30(44)19(4)29(16)43/h10-16,18-20,24,29-30,34,36,43-47H,1-9H3,(H,39,48)/t16-,18+,19+,20+,24-,29-,30+,34+,36?,38-/m0/s1. The summed E-state index contributed by atoms with van der Waals surface area (Å²) in [5.74, 6) is -8.06. The Balaban J connectivity index is 1.95. The molecule has 10 atom stereocenters. The third-order valence-corrected chi connectivity index (χ3v) is 10.4. The zero-order chi connectivity index (χ0) is 39.7. The van der Waals surface area contributed by atoms with Gasteiger partial charge in [-0.15, -0.1) is 4.91 Å². The van der Waals surface area contributed by atoms with E-state index in [0.29, 0.717) is 0 Å². The summed E-state index contributed by atoms with van der Waals surface area (Å²) < 4.78 is 23.5. The van der Waals surface area contributed by atoms with Crippen LogP contribution in [0.5, 0.6) is 23.0 Å². The van der Waals surface area contributed by atoms with Crippen molar-refractivity contribution < 1.29 is 58.9 Å². The van der Waals surface area contributed by atoms with E-state index in [2.05, 4.69) is 10.5 Å². The highest BCUT2D eigenvalue weighted by molar-refractivity contribution is 6.15. The van der Waals surface area contributed by atoms with E-state index in [-0.39, 0.29) is 39.5 Å². The van der Waals surface area contributed by atoms with Gasteiger partial charge < -0.3 is 49.8 Å². The van der Waals surface area contributed by atoms with Crippen molar-refractivity contribution in [3.63, 3.8) is 0 Å². The molecule has 3 heterocycles. The second-order valence-corrected chi connectivity index (χ2v) is 14.0. The van der Waals surface area contributed by atoms with Gasteiger partial charge in [0.1, 0.15) is 23.4 Å². The van der Waals surface area contributed by atoms with Gasteiger partial charge in [-0.05, 0) is 19.9 Å². The zero-order valence-corrected chi connectivity index (χ0v) is 31.1. The molecule has 53 heavy (non-hydrogen) atoms. The number of fused-ring (bicyclic) bond motifs is 14. The highest BCUT2D eigenvalue weighted by Crippen LogP contribution is 2.59. The van der Waals surface area contributed by atoms with Gasteiger partial charge in [0, 0.05) is 66.7 Å². The van der Waals surface area contributed by atoms with Crippen LogP contribution in [0.3, 0.4) is 0 Å². The van der Waals surface area contributed by atoms with Gasteiger partial charge in [0.15, 0.2) is 18.1 Å². The molecule has 3 aliphatic heterocycles. The predicted octanol–water partition coefficient (Wildman–Crippen LogP) is 5.19. The molecule has 6 N–H and O–H groups in total. The molecule has 0 saturated carbocycles. The molecule has 0 aromatic heterocycles. The van der Waals surface area contributed by atoms with E-state index in [1.807, 2.05) is 0 Å². The number of phenols is 3. The van der Waals surface area contributed by atoms with Crippen molar-refractivity contribution in [3.8, 4) is 23.0 Å². The lowest BCUT2D eigenvalue weighted by Gasteiger charge is -2.38. The summed E-state index contributed by atoms with van der Waals surface area (Å²) >= 11 is 0. The SMILES string of the molecule is CO[C@H]1C=CO[C@@]2(C)Oc3c(C)c(O)c4c(O)c(c(C=O)c(O)c4c3C2N=O)NC(=O)C(C)=CC=C[C@H](C)[C@H](O)[C@@H](C)[C@@H](O)[C@@H](C)[C@H](OC(C)=O)[C@@H]1C. The van der Waals surface area contributed by atoms with E-state index in [0.717, 1.165) is 0 Å². The largest absolute Gasteiger partial charge is 0.507 e. The first kappa shape index (κ1) is 40.8. The third kappa shape index (κ3) is 7.46. The molecule has 2 aromatic rings. The number of methoxy groups -OCH3 is 1. The summed E-state index contributed by atoms with van der Waals surface area (Å²) in [4.78, 5) is 50.5. The Hall–Kier alpha value is -4.99. The number of allylic oxidation sites excluding steroid dienone is 2. The number of carbonyl (C=O) groups is 3. The van der Waals surface area contributed by atoms with Gasteiger partial charge in [0.2, 0.25) is 0 Å². The summed E-state index contributed by atoms with van der Waals surface area (Å²) in [6.45, 7) is 12.3. The van der Waals surface area contributed by atoms with Crippen LogP contribution in [0, 0.1) is 35.5 Å². The second kappa shape index (κ2) is 15.9. The van der Waals surface area contributed by atoms with Crippen molar-refractivity contribution >= 4 is 34.6 Å². The van der Waals surface area contributed by atoms with Gasteiger partial charge in [-0.2, -0.15) is 0 Å². The fourth-order valence-corrected chi connectivity index (χ4v) is 7.16. The van der Waals surface area contributed by atoms with E-state index in [4.69, 9.17) is 18.9 Å². The van der Waals surface area contributed by atoms with E-state index in [9.17, 15) is 44.8 Å². The van der Waals surface area contributed by atoms with Gasteiger partial charge >= 0.3 is 5.97 Å². The molecular weight excluding hydrogens is 692 g/mol. The van der Waals surface area contributed by atoms with Crippen LogP contribution in [0.1, 0.15) is 76.0 Å². The number of hydrogen-bond acceptors (Lipinski definition) is 14. The summed E-state index contributed by atoms with van der Waals surface area (Å²) in [7, 11) is 1.41. The Bertz CT molecular complexity index is 1870. The number of nitroso groups, excluding NO2 is 1. The number of aromatic hydroxyl groups is 3. The molecule has 5 bridgehead atoms. The third-order valence-electron chi connectivity index (χ3n) is 10.4.